The molecule has 1 aromatic heterocycles. The smallest absolute Gasteiger partial charge is 0.260 e. The van der Waals surface area contributed by atoms with Gasteiger partial charge in [0.25, 0.3) is 10.0 Å². The van der Waals surface area contributed by atoms with Crippen LogP contribution in [0.25, 0.3) is 0 Å². The van der Waals surface area contributed by atoms with Gasteiger partial charge in [0.1, 0.15) is 0 Å². The van der Waals surface area contributed by atoms with E-state index in [0.29, 0.717) is 26.2 Å². The van der Waals surface area contributed by atoms with Gasteiger partial charge in [0, 0.05) is 39.3 Å². The molecule has 96 valence electrons. The molecule has 1 aromatic rings. The maximum atomic E-state index is 12.4. The number of aromatic nitrogens is 2. The maximum Gasteiger partial charge on any atom is 0.260 e. The van der Waals surface area contributed by atoms with Crippen molar-refractivity contribution < 1.29 is 8.42 Å². The number of aryl methyl sites for hydroxylation is 1. The van der Waals surface area contributed by atoms with E-state index in [1.54, 1.807) is 7.05 Å². The normalized spacial score (nSPS) is 22.8. The van der Waals surface area contributed by atoms with Crippen molar-refractivity contribution in [2.45, 2.75) is 11.1 Å². The summed E-state index contributed by atoms with van der Waals surface area (Å²) in [5.74, 6) is 0. The summed E-state index contributed by atoms with van der Waals surface area (Å²) in [5, 5.41) is 7.24. The van der Waals surface area contributed by atoms with E-state index < -0.39 is 10.0 Å². The third-order valence-corrected chi connectivity index (χ3v) is 4.94. The zero-order valence-corrected chi connectivity index (χ0v) is 10.5. The van der Waals surface area contributed by atoms with Crippen molar-refractivity contribution in [1.29, 1.82) is 0 Å². The van der Waals surface area contributed by atoms with Gasteiger partial charge in [0.15, 0.2) is 5.03 Å². The second-order valence-corrected chi connectivity index (χ2v) is 5.84. The van der Waals surface area contributed by atoms with Gasteiger partial charge in [-0.25, -0.2) is 8.42 Å². The first-order chi connectivity index (χ1) is 8.07. The SMILES string of the molecule is Cn1nccc1S(=O)(=O)N1CCNCC1CN. The minimum absolute atomic E-state index is 0.191. The van der Waals surface area contributed by atoms with Crippen LogP contribution >= 0.6 is 0 Å². The van der Waals surface area contributed by atoms with Crippen molar-refractivity contribution in [3.8, 4) is 0 Å². The Balaban J connectivity index is 2.34. The topological polar surface area (TPSA) is 93.2 Å². The average molecular weight is 259 g/mol. The second kappa shape index (κ2) is 4.73. The maximum absolute atomic E-state index is 12.4. The summed E-state index contributed by atoms with van der Waals surface area (Å²) < 4.78 is 27.7. The number of nitrogens with one attached hydrogen (secondary N) is 1. The van der Waals surface area contributed by atoms with Crippen LogP contribution in [-0.2, 0) is 17.1 Å². The quantitative estimate of drug-likeness (QED) is 0.678. The van der Waals surface area contributed by atoms with E-state index in [0.717, 1.165) is 0 Å². The van der Waals surface area contributed by atoms with Gasteiger partial charge in [-0.15, -0.1) is 0 Å². The number of nitrogens with zero attached hydrogens (tertiary/aromatic N) is 3. The molecule has 0 spiro atoms. The van der Waals surface area contributed by atoms with Crippen LogP contribution in [-0.4, -0.2) is 54.7 Å². The van der Waals surface area contributed by atoms with Gasteiger partial charge in [0.05, 0.1) is 6.20 Å². The van der Waals surface area contributed by atoms with Crippen molar-refractivity contribution in [2.75, 3.05) is 26.2 Å². The Morgan fingerprint density at radius 1 is 1.65 bits per heavy atom. The van der Waals surface area contributed by atoms with Crippen LogP contribution in [0.1, 0.15) is 0 Å². The van der Waals surface area contributed by atoms with E-state index in [9.17, 15) is 8.42 Å². The molecule has 0 saturated carbocycles. The van der Waals surface area contributed by atoms with Crippen molar-refractivity contribution in [3.05, 3.63) is 12.3 Å². The molecule has 1 saturated heterocycles. The van der Waals surface area contributed by atoms with Crippen LogP contribution in [0.15, 0.2) is 17.3 Å². The lowest BCUT2D eigenvalue weighted by Gasteiger charge is -2.34. The fourth-order valence-electron chi connectivity index (χ4n) is 1.99. The van der Waals surface area contributed by atoms with Crippen LogP contribution in [0, 0.1) is 0 Å². The lowest BCUT2D eigenvalue weighted by molar-refractivity contribution is 0.271. The highest BCUT2D eigenvalue weighted by Crippen LogP contribution is 2.17. The molecule has 7 nitrogen and oxygen atoms in total. The van der Waals surface area contributed by atoms with Gasteiger partial charge in [-0.05, 0) is 6.07 Å². The summed E-state index contributed by atoms with van der Waals surface area (Å²) in [5.41, 5.74) is 5.61. The van der Waals surface area contributed by atoms with Gasteiger partial charge >= 0.3 is 0 Å². The van der Waals surface area contributed by atoms with E-state index in [4.69, 9.17) is 5.73 Å². The standard InChI is InChI=1S/C9H17N5O2S/c1-13-9(2-3-12-13)17(15,16)14-5-4-11-7-8(14)6-10/h2-3,8,11H,4-7,10H2,1H3. The predicted molar refractivity (Wildman–Crippen MR) is 62.8 cm³/mol. The van der Waals surface area contributed by atoms with Crippen LogP contribution in [0.2, 0.25) is 0 Å². The second-order valence-electron chi connectivity index (χ2n) is 4.00. The molecule has 2 rings (SSSR count). The van der Waals surface area contributed by atoms with E-state index in [-0.39, 0.29) is 11.1 Å². The summed E-state index contributed by atoms with van der Waals surface area (Å²) in [6.45, 7) is 1.99. The number of rotatable bonds is 3. The minimum atomic E-state index is -3.50. The van der Waals surface area contributed by atoms with Gasteiger partial charge in [-0.3, -0.25) is 4.68 Å². The van der Waals surface area contributed by atoms with E-state index >= 15 is 0 Å². The fraction of sp³-hybridized carbons (Fsp3) is 0.667. The molecular weight excluding hydrogens is 242 g/mol. The molecule has 1 unspecified atom stereocenters. The van der Waals surface area contributed by atoms with Gasteiger partial charge in [-0.1, -0.05) is 0 Å². The van der Waals surface area contributed by atoms with Crippen molar-refractivity contribution in [3.63, 3.8) is 0 Å². The number of nitrogens with two attached hydrogens (primary N) is 1. The van der Waals surface area contributed by atoms with Crippen molar-refractivity contribution in [1.82, 2.24) is 19.4 Å². The van der Waals surface area contributed by atoms with Gasteiger partial charge in [-0.2, -0.15) is 9.40 Å². The Morgan fingerprint density at radius 3 is 3.00 bits per heavy atom. The molecule has 1 aliphatic rings. The molecule has 0 amide bonds. The van der Waals surface area contributed by atoms with Crippen LogP contribution in [0.4, 0.5) is 0 Å². The lowest BCUT2D eigenvalue weighted by atomic mass is 10.2. The first-order valence-corrected chi connectivity index (χ1v) is 6.92. The Morgan fingerprint density at radius 2 is 2.41 bits per heavy atom. The molecule has 8 heteroatoms. The Kier molecular flexibility index (Phi) is 3.48. The van der Waals surface area contributed by atoms with Gasteiger partial charge < -0.3 is 11.1 Å². The molecule has 2 heterocycles. The highest BCUT2D eigenvalue weighted by atomic mass is 32.2. The van der Waals surface area contributed by atoms with Crippen LogP contribution < -0.4 is 11.1 Å². The molecule has 0 bridgehead atoms. The molecular formula is C9H17N5O2S. The van der Waals surface area contributed by atoms with E-state index in [1.807, 2.05) is 0 Å². The summed E-state index contributed by atoms with van der Waals surface area (Å²) in [6, 6.07) is 1.31. The molecule has 0 aromatic carbocycles. The highest BCUT2D eigenvalue weighted by molar-refractivity contribution is 7.89. The van der Waals surface area contributed by atoms with E-state index in [2.05, 4.69) is 10.4 Å². The molecule has 1 atom stereocenters. The average Bonchev–Trinajstić information content (AvgIpc) is 2.76. The summed E-state index contributed by atoms with van der Waals surface area (Å²) >= 11 is 0. The van der Waals surface area contributed by atoms with Crippen LogP contribution in [0.5, 0.6) is 0 Å². The number of hydrogen-bond donors (Lipinski definition) is 2. The first kappa shape index (κ1) is 12.5. The third kappa shape index (κ3) is 2.21. The summed E-state index contributed by atoms with van der Waals surface area (Å²) in [4.78, 5) is 0. The van der Waals surface area contributed by atoms with Gasteiger partial charge in [0.2, 0.25) is 0 Å². The minimum Gasteiger partial charge on any atom is -0.329 e. The zero-order valence-electron chi connectivity index (χ0n) is 9.70. The molecule has 17 heavy (non-hydrogen) atoms. The van der Waals surface area contributed by atoms with Crippen LogP contribution in [0.3, 0.4) is 0 Å². The zero-order chi connectivity index (χ0) is 12.5. The Hall–Kier alpha value is -0.960. The monoisotopic (exact) mass is 259 g/mol. The largest absolute Gasteiger partial charge is 0.329 e. The number of hydrogen-bond acceptors (Lipinski definition) is 5. The molecule has 1 aliphatic heterocycles. The lowest BCUT2D eigenvalue weighted by Crippen LogP contribution is -2.56. The summed E-state index contributed by atoms with van der Waals surface area (Å²) in [7, 11) is -1.88. The Bertz CT molecular complexity index is 483. The number of sulfonamides is 1. The predicted octanol–water partition coefficient (Wildman–Crippen LogP) is -1.66. The Labute approximate surface area is 101 Å². The first-order valence-electron chi connectivity index (χ1n) is 5.48. The van der Waals surface area contributed by atoms with Crippen molar-refractivity contribution >= 4 is 10.0 Å². The third-order valence-electron chi connectivity index (χ3n) is 2.92. The van der Waals surface area contributed by atoms with E-state index in [1.165, 1.54) is 21.3 Å². The molecule has 0 radical (unpaired) electrons. The fourth-order valence-corrected chi connectivity index (χ4v) is 3.73. The molecule has 1 fully saturated rings. The summed E-state index contributed by atoms with van der Waals surface area (Å²) in [6.07, 6.45) is 1.48. The number of piperazine rings is 1. The molecule has 0 aliphatic carbocycles. The van der Waals surface area contributed by atoms with Crippen molar-refractivity contribution in [2.24, 2.45) is 12.8 Å². The highest BCUT2D eigenvalue weighted by Gasteiger charge is 2.34. The molecule has 3 N–H and O–H groups in total.